The van der Waals surface area contributed by atoms with Crippen LogP contribution in [0.4, 0.5) is 17.1 Å². The van der Waals surface area contributed by atoms with Crippen molar-refractivity contribution in [3.05, 3.63) is 161 Å². The minimum Gasteiger partial charge on any atom is -0.454 e. The van der Waals surface area contributed by atoms with Gasteiger partial charge >= 0.3 is 0 Å². The first-order valence-corrected chi connectivity index (χ1v) is 20.0. The number of furan rings is 1. The maximum absolute atomic E-state index is 6.77. The molecule has 11 rings (SSSR count). The molecule has 54 heavy (non-hydrogen) atoms. The molecule has 1 fully saturated rings. The lowest BCUT2D eigenvalue weighted by Gasteiger charge is -2.30. The predicted molar refractivity (Wildman–Crippen MR) is 227 cm³/mol. The minimum absolute atomic E-state index is 0.0601. The fourth-order valence-corrected chi connectivity index (χ4v) is 10.6. The third kappa shape index (κ3) is 4.40. The molecule has 0 unspecified atom stereocenters. The Bertz CT molecular complexity index is 2810. The highest BCUT2D eigenvalue weighted by Gasteiger charge is 2.43. The van der Waals surface area contributed by atoms with Crippen LogP contribution in [0.15, 0.2) is 138 Å². The Kier molecular flexibility index (Phi) is 6.76. The van der Waals surface area contributed by atoms with Gasteiger partial charge in [0.05, 0.1) is 11.4 Å². The molecule has 0 atom stereocenters. The SMILES string of the molecule is CC1(C)c2ccccc2-c2cc3c(cc21)-c1c(cc(N(c2ccc(C4CCCCC4)cc2)c2cccc4c2oc2ccccc24)c2ccccc12)C3(C)C. The van der Waals surface area contributed by atoms with Gasteiger partial charge in [0.25, 0.3) is 0 Å². The lowest BCUT2D eigenvalue weighted by Crippen LogP contribution is -2.18. The van der Waals surface area contributed by atoms with Crippen LogP contribution in [-0.2, 0) is 10.8 Å². The number of hydrogen-bond donors (Lipinski definition) is 0. The van der Waals surface area contributed by atoms with E-state index in [-0.39, 0.29) is 10.8 Å². The van der Waals surface area contributed by atoms with Gasteiger partial charge in [-0.25, -0.2) is 0 Å². The average molecular weight is 700 g/mol. The largest absolute Gasteiger partial charge is 0.454 e. The second kappa shape index (κ2) is 11.5. The molecule has 2 heteroatoms. The molecule has 8 aromatic rings. The molecule has 2 nitrogen and oxygen atoms in total. The van der Waals surface area contributed by atoms with Crippen LogP contribution < -0.4 is 4.90 Å². The van der Waals surface area contributed by atoms with Gasteiger partial charge in [-0.2, -0.15) is 0 Å². The number of anilines is 3. The molecule has 0 radical (unpaired) electrons. The summed E-state index contributed by atoms with van der Waals surface area (Å²) >= 11 is 0. The second-order valence-electron chi connectivity index (χ2n) is 17.1. The number of hydrogen-bond acceptors (Lipinski definition) is 2. The van der Waals surface area contributed by atoms with Gasteiger partial charge in [0.2, 0.25) is 0 Å². The molecule has 1 saturated carbocycles. The molecule has 7 aromatic carbocycles. The van der Waals surface area contributed by atoms with Gasteiger partial charge in [-0.1, -0.05) is 138 Å². The van der Waals surface area contributed by atoms with Crippen molar-refractivity contribution in [3.63, 3.8) is 0 Å². The molecular formula is C52H45NO. The first-order valence-electron chi connectivity index (χ1n) is 20.0. The van der Waals surface area contributed by atoms with Gasteiger partial charge in [-0.3, -0.25) is 0 Å². The average Bonchev–Trinajstić information content (AvgIpc) is 3.78. The van der Waals surface area contributed by atoms with Crippen LogP contribution in [-0.4, -0.2) is 0 Å². The molecule has 0 aliphatic heterocycles. The summed E-state index contributed by atoms with van der Waals surface area (Å²) in [6.07, 6.45) is 6.61. The summed E-state index contributed by atoms with van der Waals surface area (Å²) in [6.45, 7) is 9.64. The highest BCUT2D eigenvalue weighted by molar-refractivity contribution is 6.14. The topological polar surface area (TPSA) is 16.4 Å². The first kappa shape index (κ1) is 31.9. The van der Waals surface area contributed by atoms with Crippen LogP contribution in [0.2, 0.25) is 0 Å². The zero-order chi connectivity index (χ0) is 36.3. The molecular weight excluding hydrogens is 655 g/mol. The first-order chi connectivity index (χ1) is 26.3. The van der Waals surface area contributed by atoms with Crippen molar-refractivity contribution >= 4 is 49.8 Å². The van der Waals surface area contributed by atoms with Crippen molar-refractivity contribution in [2.75, 3.05) is 4.90 Å². The highest BCUT2D eigenvalue weighted by Crippen LogP contribution is 2.59. The minimum atomic E-state index is -0.206. The third-order valence-corrected chi connectivity index (χ3v) is 13.5. The van der Waals surface area contributed by atoms with E-state index in [0.29, 0.717) is 5.92 Å². The van der Waals surface area contributed by atoms with E-state index in [2.05, 4.69) is 166 Å². The smallest absolute Gasteiger partial charge is 0.159 e. The predicted octanol–water partition coefficient (Wildman–Crippen LogP) is 14.9. The lowest BCUT2D eigenvalue weighted by atomic mass is 9.79. The molecule has 0 spiro atoms. The Labute approximate surface area is 318 Å². The third-order valence-electron chi connectivity index (χ3n) is 13.5. The maximum Gasteiger partial charge on any atom is 0.159 e. The molecule has 3 aliphatic carbocycles. The lowest BCUT2D eigenvalue weighted by molar-refractivity contribution is 0.443. The summed E-state index contributed by atoms with van der Waals surface area (Å²) in [4.78, 5) is 2.48. The van der Waals surface area contributed by atoms with Gasteiger partial charge in [0, 0.05) is 32.7 Å². The van der Waals surface area contributed by atoms with E-state index in [4.69, 9.17) is 4.42 Å². The molecule has 264 valence electrons. The van der Waals surface area contributed by atoms with Crippen molar-refractivity contribution in [3.8, 4) is 22.3 Å². The Hall–Kier alpha value is -5.60. The molecule has 0 amide bonds. The molecule has 1 aromatic heterocycles. The van der Waals surface area contributed by atoms with Crippen LogP contribution >= 0.6 is 0 Å². The van der Waals surface area contributed by atoms with E-state index >= 15 is 0 Å². The van der Waals surface area contributed by atoms with Crippen LogP contribution in [0.1, 0.15) is 93.5 Å². The molecule has 0 saturated heterocycles. The zero-order valence-electron chi connectivity index (χ0n) is 31.7. The normalized spacial score (nSPS) is 16.7. The van der Waals surface area contributed by atoms with E-state index in [9.17, 15) is 0 Å². The number of para-hydroxylation sites is 2. The number of rotatable bonds is 4. The Morgan fingerprint density at radius 2 is 1.15 bits per heavy atom. The van der Waals surface area contributed by atoms with Crippen molar-refractivity contribution in [1.82, 2.24) is 0 Å². The van der Waals surface area contributed by atoms with Gasteiger partial charge in [-0.05, 0) is 117 Å². The summed E-state index contributed by atoms with van der Waals surface area (Å²) in [6, 6.07) is 50.3. The van der Waals surface area contributed by atoms with Crippen molar-refractivity contribution in [1.29, 1.82) is 0 Å². The fourth-order valence-electron chi connectivity index (χ4n) is 10.6. The Balaban J connectivity index is 1.17. The summed E-state index contributed by atoms with van der Waals surface area (Å²) in [5, 5.41) is 4.83. The van der Waals surface area contributed by atoms with Gasteiger partial charge in [0.1, 0.15) is 5.58 Å². The van der Waals surface area contributed by atoms with Crippen LogP contribution in [0, 0.1) is 0 Å². The van der Waals surface area contributed by atoms with Crippen LogP contribution in [0.25, 0.3) is 55.0 Å². The Morgan fingerprint density at radius 1 is 0.500 bits per heavy atom. The quantitative estimate of drug-likeness (QED) is 0.182. The monoisotopic (exact) mass is 699 g/mol. The van der Waals surface area contributed by atoms with E-state index in [1.165, 1.54) is 98.6 Å². The molecule has 3 aliphatic rings. The van der Waals surface area contributed by atoms with Crippen LogP contribution in [0.5, 0.6) is 0 Å². The number of benzene rings is 7. The van der Waals surface area contributed by atoms with Crippen molar-refractivity contribution in [2.45, 2.75) is 76.5 Å². The molecule has 0 bridgehead atoms. The molecule has 0 N–H and O–H groups in total. The van der Waals surface area contributed by atoms with Crippen LogP contribution in [0.3, 0.4) is 0 Å². The molecule has 1 heterocycles. The van der Waals surface area contributed by atoms with Crippen molar-refractivity contribution < 1.29 is 4.42 Å². The Morgan fingerprint density at radius 3 is 1.96 bits per heavy atom. The van der Waals surface area contributed by atoms with E-state index < -0.39 is 0 Å². The zero-order valence-corrected chi connectivity index (χ0v) is 31.7. The van der Waals surface area contributed by atoms with Gasteiger partial charge < -0.3 is 9.32 Å². The summed E-state index contributed by atoms with van der Waals surface area (Å²) in [7, 11) is 0. The summed E-state index contributed by atoms with van der Waals surface area (Å²) in [5.41, 5.74) is 17.6. The fraction of sp³-hybridized carbons (Fsp3) is 0.231. The number of nitrogens with zero attached hydrogens (tertiary/aromatic N) is 1. The summed E-state index contributed by atoms with van der Waals surface area (Å²) in [5.74, 6) is 0.652. The van der Waals surface area contributed by atoms with E-state index in [0.717, 1.165) is 33.3 Å². The summed E-state index contributed by atoms with van der Waals surface area (Å²) < 4.78 is 6.77. The standard InChI is InChI=1S/C52H45NO/c1-51(2)42-22-12-10-17-35(42)40-29-44-41(30-43(40)51)49-38-20-9-8-18-36(38)47(31-45(49)52(44,3)4)53(34-27-25-33(26-28-34)32-15-6-5-7-16-32)46-23-14-21-39-37-19-11-13-24-48(37)54-50(39)46/h8-14,17-32H,5-7,15-16H2,1-4H3. The van der Waals surface area contributed by atoms with E-state index in [1.807, 2.05) is 0 Å². The van der Waals surface area contributed by atoms with E-state index in [1.54, 1.807) is 0 Å². The second-order valence-corrected chi connectivity index (χ2v) is 17.1. The maximum atomic E-state index is 6.77. The van der Waals surface area contributed by atoms with Crippen molar-refractivity contribution in [2.24, 2.45) is 0 Å². The highest BCUT2D eigenvalue weighted by atomic mass is 16.3. The van der Waals surface area contributed by atoms with Gasteiger partial charge in [0.15, 0.2) is 5.58 Å². The van der Waals surface area contributed by atoms with Gasteiger partial charge in [-0.15, -0.1) is 0 Å². The number of fused-ring (bicyclic) bond motifs is 11.